The van der Waals surface area contributed by atoms with Crippen molar-refractivity contribution in [3.05, 3.63) is 102 Å². The highest BCUT2D eigenvalue weighted by molar-refractivity contribution is 7.99. The number of amides is 2. The zero-order valence-corrected chi connectivity index (χ0v) is 22.0. The molecule has 0 aliphatic heterocycles. The van der Waals surface area contributed by atoms with Crippen LogP contribution >= 0.6 is 11.8 Å². The van der Waals surface area contributed by atoms with E-state index in [1.165, 1.54) is 5.56 Å². The van der Waals surface area contributed by atoms with Gasteiger partial charge in [-0.3, -0.25) is 9.59 Å². The maximum absolute atomic E-state index is 13.6. The predicted octanol–water partition coefficient (Wildman–Crippen LogP) is 6.03. The molecule has 0 aliphatic carbocycles. The van der Waals surface area contributed by atoms with Crippen LogP contribution in [0.25, 0.3) is 0 Å². The van der Waals surface area contributed by atoms with Crippen LogP contribution in [0.3, 0.4) is 0 Å². The number of thioether (sulfide) groups is 1. The number of benzene rings is 3. The zero-order chi connectivity index (χ0) is 25.3. The molecule has 2 amide bonds. The normalized spacial score (nSPS) is 12.1. The highest BCUT2D eigenvalue weighted by atomic mass is 32.2. The van der Waals surface area contributed by atoms with E-state index < -0.39 is 11.6 Å². The molecule has 1 N–H and O–H groups in total. The minimum Gasteiger partial charge on any atom is -0.350 e. The van der Waals surface area contributed by atoms with E-state index in [9.17, 15) is 9.59 Å². The minimum atomic E-state index is -0.603. The largest absolute Gasteiger partial charge is 0.350 e. The Morgan fingerprint density at radius 1 is 0.857 bits per heavy atom. The quantitative estimate of drug-likeness (QED) is 0.354. The molecule has 3 aromatic rings. The topological polar surface area (TPSA) is 49.4 Å². The van der Waals surface area contributed by atoms with Gasteiger partial charge in [-0.25, -0.2) is 0 Å². The zero-order valence-electron chi connectivity index (χ0n) is 21.2. The van der Waals surface area contributed by atoms with E-state index in [1.807, 2.05) is 81.4 Å². The molecule has 0 heterocycles. The molecule has 3 aromatic carbocycles. The summed E-state index contributed by atoms with van der Waals surface area (Å²) in [4.78, 5) is 30.0. The summed E-state index contributed by atoms with van der Waals surface area (Å²) in [5.74, 6) is 0.516. The Hall–Kier alpha value is -3.05. The van der Waals surface area contributed by atoms with Crippen molar-refractivity contribution in [1.29, 1.82) is 0 Å². The van der Waals surface area contributed by atoms with Gasteiger partial charge in [-0.2, -0.15) is 0 Å². The number of carbonyl (C=O) groups is 2. The number of nitrogens with zero attached hydrogens (tertiary/aromatic N) is 1. The molecule has 35 heavy (non-hydrogen) atoms. The van der Waals surface area contributed by atoms with Gasteiger partial charge in [0.1, 0.15) is 6.04 Å². The Balaban J connectivity index is 1.83. The molecule has 0 saturated carbocycles. The van der Waals surface area contributed by atoms with Gasteiger partial charge in [0.15, 0.2) is 0 Å². The average molecular weight is 489 g/mol. The van der Waals surface area contributed by atoms with Gasteiger partial charge >= 0.3 is 0 Å². The molecule has 5 heteroatoms. The molecule has 0 spiro atoms. The van der Waals surface area contributed by atoms with Crippen LogP contribution in [-0.4, -0.2) is 34.0 Å². The maximum Gasteiger partial charge on any atom is 0.243 e. The fourth-order valence-corrected chi connectivity index (χ4v) is 4.66. The van der Waals surface area contributed by atoms with Gasteiger partial charge in [0.25, 0.3) is 0 Å². The van der Waals surface area contributed by atoms with Gasteiger partial charge < -0.3 is 10.2 Å². The molecule has 4 nitrogen and oxygen atoms in total. The van der Waals surface area contributed by atoms with E-state index >= 15 is 0 Å². The molecule has 0 saturated heterocycles. The molecule has 0 aliphatic rings. The molecule has 0 bridgehead atoms. The van der Waals surface area contributed by atoms with Crippen molar-refractivity contribution in [2.24, 2.45) is 0 Å². The number of nitrogens with one attached hydrogen (secondary N) is 1. The Morgan fingerprint density at radius 3 is 2.00 bits per heavy atom. The second-order valence-electron chi connectivity index (χ2n) is 9.86. The van der Waals surface area contributed by atoms with Crippen LogP contribution < -0.4 is 5.32 Å². The molecule has 0 aromatic heterocycles. The Kier molecular flexibility index (Phi) is 9.55. The summed E-state index contributed by atoms with van der Waals surface area (Å²) in [5.41, 5.74) is 2.86. The first-order chi connectivity index (χ1) is 16.7. The average Bonchev–Trinajstić information content (AvgIpc) is 2.82. The number of rotatable bonds is 10. The lowest BCUT2D eigenvalue weighted by Gasteiger charge is -2.34. The summed E-state index contributed by atoms with van der Waals surface area (Å²) in [7, 11) is 0. The van der Waals surface area contributed by atoms with Gasteiger partial charge in [-0.1, -0.05) is 78.4 Å². The molecule has 0 unspecified atom stereocenters. The SMILES string of the molecule is Cc1ccc(SCCC(=O)N(Cc2ccccc2)[C@H](Cc2ccccc2)C(=O)NC(C)(C)C)cc1. The summed E-state index contributed by atoms with van der Waals surface area (Å²) in [6.45, 7) is 8.35. The number of hydrogen-bond acceptors (Lipinski definition) is 3. The summed E-state index contributed by atoms with van der Waals surface area (Å²) < 4.78 is 0. The number of carbonyl (C=O) groups excluding carboxylic acids is 2. The number of hydrogen-bond donors (Lipinski definition) is 1. The highest BCUT2D eigenvalue weighted by Gasteiger charge is 2.32. The van der Waals surface area contributed by atoms with E-state index in [-0.39, 0.29) is 11.8 Å². The molecular weight excluding hydrogens is 452 g/mol. The third-order valence-electron chi connectivity index (χ3n) is 5.57. The van der Waals surface area contributed by atoms with Crippen LogP contribution in [-0.2, 0) is 22.6 Å². The van der Waals surface area contributed by atoms with Crippen LogP contribution in [0.15, 0.2) is 89.8 Å². The van der Waals surface area contributed by atoms with E-state index in [0.717, 1.165) is 16.0 Å². The van der Waals surface area contributed by atoms with E-state index in [0.29, 0.717) is 25.1 Å². The third-order valence-corrected chi connectivity index (χ3v) is 6.58. The fraction of sp³-hybridized carbons (Fsp3) is 0.333. The van der Waals surface area contributed by atoms with Crippen molar-refractivity contribution in [2.75, 3.05) is 5.75 Å². The lowest BCUT2D eigenvalue weighted by Crippen LogP contribution is -2.54. The lowest BCUT2D eigenvalue weighted by molar-refractivity contribution is -0.141. The van der Waals surface area contributed by atoms with Gasteiger partial charge in [0.2, 0.25) is 11.8 Å². The Bertz CT molecular complexity index is 1080. The fourth-order valence-electron chi connectivity index (χ4n) is 3.82. The van der Waals surface area contributed by atoms with Gasteiger partial charge in [-0.15, -0.1) is 11.8 Å². The molecule has 0 radical (unpaired) electrons. The molecular formula is C30H36N2O2S. The standard InChI is InChI=1S/C30H36N2O2S/c1-23-15-17-26(18-16-23)35-20-19-28(33)32(22-25-13-9-6-10-14-25)27(29(34)31-30(2,3)4)21-24-11-7-5-8-12-24/h5-18,27H,19-22H2,1-4H3,(H,31,34)/t27-/m1/s1. The van der Waals surface area contributed by atoms with E-state index in [1.54, 1.807) is 16.7 Å². The van der Waals surface area contributed by atoms with Crippen LogP contribution in [0.5, 0.6) is 0 Å². The lowest BCUT2D eigenvalue weighted by atomic mass is 10.0. The highest BCUT2D eigenvalue weighted by Crippen LogP contribution is 2.21. The number of aryl methyl sites for hydroxylation is 1. The Morgan fingerprint density at radius 2 is 1.43 bits per heavy atom. The van der Waals surface area contributed by atoms with Crippen LogP contribution in [0.4, 0.5) is 0 Å². The second-order valence-corrected chi connectivity index (χ2v) is 11.0. The third kappa shape index (κ3) is 8.91. The van der Waals surface area contributed by atoms with Crippen LogP contribution in [0.1, 0.15) is 43.9 Å². The summed E-state index contributed by atoms with van der Waals surface area (Å²) in [5, 5.41) is 3.11. The van der Waals surface area contributed by atoms with Crippen molar-refractivity contribution in [3.8, 4) is 0 Å². The van der Waals surface area contributed by atoms with Crippen molar-refractivity contribution < 1.29 is 9.59 Å². The Labute approximate surface area is 214 Å². The molecule has 0 fully saturated rings. The van der Waals surface area contributed by atoms with E-state index in [2.05, 4.69) is 36.5 Å². The summed E-state index contributed by atoms with van der Waals surface area (Å²) in [6.07, 6.45) is 0.825. The van der Waals surface area contributed by atoms with Crippen LogP contribution in [0.2, 0.25) is 0 Å². The van der Waals surface area contributed by atoms with Crippen LogP contribution in [0, 0.1) is 6.92 Å². The second kappa shape index (κ2) is 12.6. The summed E-state index contributed by atoms with van der Waals surface area (Å²) in [6, 6.07) is 27.5. The first-order valence-corrected chi connectivity index (χ1v) is 13.1. The first kappa shape index (κ1) is 26.6. The van der Waals surface area contributed by atoms with Crippen molar-refractivity contribution in [3.63, 3.8) is 0 Å². The van der Waals surface area contributed by atoms with Gasteiger partial charge in [-0.05, 0) is 51.0 Å². The smallest absolute Gasteiger partial charge is 0.243 e. The van der Waals surface area contributed by atoms with Crippen molar-refractivity contribution in [2.45, 2.75) is 63.6 Å². The monoisotopic (exact) mass is 488 g/mol. The van der Waals surface area contributed by atoms with Crippen molar-refractivity contribution >= 4 is 23.6 Å². The maximum atomic E-state index is 13.6. The minimum absolute atomic E-state index is 0.0153. The van der Waals surface area contributed by atoms with Gasteiger partial charge in [0, 0.05) is 35.6 Å². The van der Waals surface area contributed by atoms with Crippen molar-refractivity contribution in [1.82, 2.24) is 10.2 Å². The van der Waals surface area contributed by atoms with Gasteiger partial charge in [0.05, 0.1) is 0 Å². The predicted molar refractivity (Wildman–Crippen MR) is 145 cm³/mol. The summed E-state index contributed by atoms with van der Waals surface area (Å²) >= 11 is 1.67. The first-order valence-electron chi connectivity index (χ1n) is 12.1. The molecule has 3 rings (SSSR count). The molecule has 1 atom stereocenters. The molecule has 184 valence electrons. The van der Waals surface area contributed by atoms with E-state index in [4.69, 9.17) is 0 Å².